The van der Waals surface area contributed by atoms with Crippen LogP contribution in [0.15, 0.2) is 0 Å². The number of carbonyl (C=O) groups excluding carboxylic acids is 3. The highest BCUT2D eigenvalue weighted by Crippen LogP contribution is 2.40. The Balaban J connectivity index is -0.000000347. The lowest BCUT2D eigenvalue weighted by Crippen LogP contribution is -2.91. The van der Waals surface area contributed by atoms with Gasteiger partial charge >= 0.3 is 0 Å². The van der Waals surface area contributed by atoms with Crippen molar-refractivity contribution in [2.75, 3.05) is 21.1 Å². The highest BCUT2D eigenvalue weighted by Gasteiger charge is 2.59. The molecule has 3 aliphatic rings. The summed E-state index contributed by atoms with van der Waals surface area (Å²) in [5, 5.41) is 6.12. The van der Waals surface area contributed by atoms with Crippen molar-refractivity contribution >= 4 is 17.3 Å². The van der Waals surface area contributed by atoms with E-state index in [1.807, 2.05) is 37.1 Å². The molecule has 6 nitrogen and oxygen atoms in total. The smallest absolute Gasteiger partial charge is 0.190 e. The normalized spacial score (nSPS) is 36.5. The van der Waals surface area contributed by atoms with Gasteiger partial charge in [-0.3, -0.25) is 14.4 Å². The largest absolute Gasteiger partial charge is 0.337 e. The lowest BCUT2D eigenvalue weighted by atomic mass is 10.1. The second kappa shape index (κ2) is 12.1. The van der Waals surface area contributed by atoms with Crippen LogP contribution in [0.25, 0.3) is 0 Å². The van der Waals surface area contributed by atoms with E-state index in [0.29, 0.717) is 35.1 Å². The molecule has 0 spiro atoms. The summed E-state index contributed by atoms with van der Waals surface area (Å²) in [5.41, 5.74) is -0.0417. The summed E-state index contributed by atoms with van der Waals surface area (Å²) in [4.78, 5) is 32.8. The van der Waals surface area contributed by atoms with Crippen LogP contribution in [-0.2, 0) is 14.4 Å². The summed E-state index contributed by atoms with van der Waals surface area (Å²) in [6.45, 7) is 11.4. The molecule has 30 heavy (non-hydrogen) atoms. The first-order valence-electron chi connectivity index (χ1n) is 10.3. The molecule has 0 aromatic heterocycles. The summed E-state index contributed by atoms with van der Waals surface area (Å²) in [7, 11) is 5.93. The number of Topliss-reactive ketones (excluding diaryl/α,β-unsaturated/α-hetero) is 3. The maximum atomic E-state index is 10.9. The molecule has 3 fully saturated rings. The Hall–Kier alpha value is -1.11. The zero-order chi connectivity index (χ0) is 21.2. The van der Waals surface area contributed by atoms with Crippen molar-refractivity contribution in [1.82, 2.24) is 0 Å². The molecule has 6 atom stereocenters. The molecule has 4 unspecified atom stereocenters. The average molecular weight is 433 g/mol. The Morgan fingerprint density at radius 2 is 0.700 bits per heavy atom. The van der Waals surface area contributed by atoms with Gasteiger partial charge in [-0.2, -0.15) is 0 Å². The van der Waals surface area contributed by atoms with E-state index in [2.05, 4.69) is 20.8 Å². The predicted octanol–water partition coefficient (Wildman–Crippen LogP) is 0.550. The second-order valence-corrected chi connectivity index (χ2v) is 8.97. The summed E-state index contributed by atoms with van der Waals surface area (Å²) >= 11 is 0. The Bertz CT molecular complexity index is 501. The zero-order valence-electron chi connectivity index (χ0n) is 18.8. The van der Waals surface area contributed by atoms with E-state index >= 15 is 0 Å². The number of rotatable bonds is 6. The van der Waals surface area contributed by atoms with E-state index in [1.165, 1.54) is 0 Å². The molecule has 0 radical (unpaired) electrons. The van der Waals surface area contributed by atoms with Crippen LogP contribution in [0.4, 0.5) is 0 Å². The Morgan fingerprint density at radius 3 is 0.700 bits per heavy atom. The van der Waals surface area contributed by atoms with Gasteiger partial charge in [0, 0.05) is 57.8 Å². The van der Waals surface area contributed by atoms with Crippen molar-refractivity contribution < 1.29 is 30.3 Å². The van der Waals surface area contributed by atoms with Crippen molar-refractivity contribution in [3.8, 4) is 0 Å². The van der Waals surface area contributed by atoms with Crippen molar-refractivity contribution in [1.29, 1.82) is 0 Å². The van der Waals surface area contributed by atoms with E-state index < -0.39 is 0 Å². The Labute approximate surface area is 186 Å². The first kappa shape index (κ1) is 33.5. The highest BCUT2D eigenvalue weighted by molar-refractivity contribution is 5.88. The third-order valence-electron chi connectivity index (χ3n) is 7.60. The molecule has 0 bridgehead atoms. The van der Waals surface area contributed by atoms with Gasteiger partial charge in [0.15, 0.2) is 34.0 Å². The van der Waals surface area contributed by atoms with Crippen molar-refractivity contribution in [2.24, 2.45) is 17.8 Å². The molecular formula is C24H54N3O3+3. The molecule has 0 aliphatic heterocycles. The third-order valence-corrected chi connectivity index (χ3v) is 7.60. The number of quaternary nitrogens is 3. The minimum Gasteiger partial charge on any atom is -0.337 e. The number of hydrogen-bond acceptors (Lipinski definition) is 3. The third kappa shape index (κ3) is 6.44. The van der Waals surface area contributed by atoms with Gasteiger partial charge in [0.25, 0.3) is 0 Å². The summed E-state index contributed by atoms with van der Waals surface area (Å²) in [6, 6.07) is 0. The van der Waals surface area contributed by atoms with Gasteiger partial charge in [0.2, 0.25) is 0 Å². The van der Waals surface area contributed by atoms with Gasteiger partial charge in [-0.15, -0.1) is 0 Å². The van der Waals surface area contributed by atoms with Crippen molar-refractivity contribution in [2.45, 2.75) is 99.7 Å². The number of nitrogens with two attached hydrogens (primary N) is 3. The fourth-order valence-corrected chi connectivity index (χ4v) is 4.63. The first-order chi connectivity index (χ1) is 12.4. The van der Waals surface area contributed by atoms with Gasteiger partial charge in [-0.25, -0.2) is 0 Å². The molecule has 6 heteroatoms. The minimum absolute atomic E-state index is 0. The molecule has 0 amide bonds. The highest BCUT2D eigenvalue weighted by atomic mass is 16.1. The molecule has 0 aromatic rings. The molecule has 0 aromatic carbocycles. The van der Waals surface area contributed by atoms with E-state index in [0.717, 1.165) is 19.3 Å². The molecule has 3 aliphatic carbocycles. The zero-order valence-corrected chi connectivity index (χ0v) is 18.8. The van der Waals surface area contributed by atoms with Crippen LogP contribution in [0, 0.1) is 17.8 Å². The van der Waals surface area contributed by atoms with E-state index in [1.54, 1.807) is 20.8 Å². The lowest BCUT2D eigenvalue weighted by molar-refractivity contribution is -0.666. The Morgan fingerprint density at radius 1 is 0.567 bits per heavy atom. The van der Waals surface area contributed by atoms with Gasteiger partial charge < -0.3 is 16.0 Å². The van der Waals surface area contributed by atoms with E-state index in [4.69, 9.17) is 0 Å². The molecule has 3 rings (SSSR count). The topological polar surface area (TPSA) is 101 Å². The summed E-state index contributed by atoms with van der Waals surface area (Å²) in [5.74, 6) is 2.78. The van der Waals surface area contributed by atoms with Crippen LogP contribution in [-0.4, -0.2) is 55.1 Å². The van der Waals surface area contributed by atoms with Gasteiger partial charge in [0.05, 0.1) is 21.1 Å². The monoisotopic (exact) mass is 432 g/mol. The van der Waals surface area contributed by atoms with Gasteiger partial charge in [-0.1, -0.05) is 43.1 Å². The fourth-order valence-electron chi connectivity index (χ4n) is 4.63. The predicted molar refractivity (Wildman–Crippen MR) is 125 cm³/mol. The van der Waals surface area contributed by atoms with E-state index in [9.17, 15) is 14.4 Å². The number of ketones is 3. The molecule has 180 valence electrons. The maximum absolute atomic E-state index is 10.9. The molecule has 0 saturated heterocycles. The molecule has 0 heterocycles. The van der Waals surface area contributed by atoms with Crippen molar-refractivity contribution in [3.63, 3.8) is 0 Å². The van der Waals surface area contributed by atoms with E-state index in [-0.39, 0.29) is 38.9 Å². The number of carbonyl (C=O) groups is 3. The summed E-state index contributed by atoms with van der Waals surface area (Å²) < 4.78 is 0. The standard InChI is InChI=1S/3C7H13NO.3CH4/c3*1-5-4-7(5,8-3)6(2)9;;;/h3*5,8H,4H2,1-3H3;3*1H4/p+3/t2*5?,7-;;;;/m10..../s1. The summed E-state index contributed by atoms with van der Waals surface area (Å²) in [6.07, 6.45) is 3.20. The molecular weight excluding hydrogens is 378 g/mol. The van der Waals surface area contributed by atoms with Gasteiger partial charge in [0.1, 0.15) is 0 Å². The van der Waals surface area contributed by atoms with Crippen LogP contribution >= 0.6 is 0 Å². The quantitative estimate of drug-likeness (QED) is 0.571. The first-order valence-corrected chi connectivity index (χ1v) is 10.3. The van der Waals surface area contributed by atoms with Crippen LogP contribution in [0.5, 0.6) is 0 Å². The average Bonchev–Trinajstić information content (AvgIpc) is 3.52. The van der Waals surface area contributed by atoms with Crippen LogP contribution in [0.1, 0.15) is 83.1 Å². The van der Waals surface area contributed by atoms with Crippen molar-refractivity contribution in [3.05, 3.63) is 0 Å². The number of likely N-dealkylation sites (N-methyl/N-ethyl adjacent to an activating group) is 3. The van der Waals surface area contributed by atoms with Crippen LogP contribution < -0.4 is 16.0 Å². The second-order valence-electron chi connectivity index (χ2n) is 8.97. The fraction of sp³-hybridized carbons (Fsp3) is 0.875. The van der Waals surface area contributed by atoms with Crippen LogP contribution in [0.3, 0.4) is 0 Å². The van der Waals surface area contributed by atoms with Gasteiger partial charge in [-0.05, 0) is 0 Å². The van der Waals surface area contributed by atoms with Crippen LogP contribution in [0.2, 0.25) is 0 Å². The maximum Gasteiger partial charge on any atom is 0.190 e. The molecule has 3 saturated carbocycles. The lowest BCUT2D eigenvalue weighted by Gasteiger charge is -2.05. The minimum atomic E-state index is -0.0139. The Kier molecular flexibility index (Phi) is 13.5. The molecule has 6 N–H and O–H groups in total. The number of hydrogen-bond donors (Lipinski definition) is 3. The SMILES string of the molecule is C.C.C.C[NH2+]C1(C(C)=O)CC1C.C[NH2+][C@@]1(C(C)=O)CC1C.C[NH2+][C@]1(C(C)=O)CC1C.